The van der Waals surface area contributed by atoms with Crippen LogP contribution in [0.1, 0.15) is 41.9 Å². The monoisotopic (exact) mass is 304 g/mol. The number of aryl methyl sites for hydroxylation is 3. The van der Waals surface area contributed by atoms with Crippen molar-refractivity contribution in [2.45, 2.75) is 45.3 Å². The predicted molar refractivity (Wildman–Crippen MR) is 88.8 cm³/mol. The minimum Gasteiger partial charge on any atom is -0.309 e. The van der Waals surface area contributed by atoms with E-state index in [0.29, 0.717) is 6.04 Å². The van der Waals surface area contributed by atoms with Gasteiger partial charge < -0.3 is 5.32 Å². The normalized spacial score (nSPS) is 12.6. The van der Waals surface area contributed by atoms with E-state index in [0.717, 1.165) is 29.7 Å². The van der Waals surface area contributed by atoms with E-state index in [1.54, 1.807) is 11.8 Å². The number of benzene rings is 1. The zero-order valence-electron chi connectivity index (χ0n) is 13.2. The van der Waals surface area contributed by atoms with E-state index in [1.165, 1.54) is 16.7 Å². The molecule has 0 saturated heterocycles. The molecular weight excluding hydrogens is 280 g/mol. The van der Waals surface area contributed by atoms with Crippen LogP contribution in [-0.2, 0) is 0 Å². The van der Waals surface area contributed by atoms with E-state index >= 15 is 0 Å². The summed E-state index contributed by atoms with van der Waals surface area (Å²) in [5, 5.41) is 11.5. The molecule has 1 aromatic heterocycles. The lowest BCUT2D eigenvalue weighted by Gasteiger charge is -2.19. The van der Waals surface area contributed by atoms with Crippen LogP contribution in [0.2, 0.25) is 0 Å². The van der Waals surface area contributed by atoms with Gasteiger partial charge in [0.1, 0.15) is 5.82 Å². The highest BCUT2D eigenvalue weighted by molar-refractivity contribution is 7.99. The molecule has 1 heterocycles. The highest BCUT2D eigenvalue weighted by Gasteiger charge is 2.13. The van der Waals surface area contributed by atoms with Crippen molar-refractivity contribution in [3.63, 3.8) is 0 Å². The van der Waals surface area contributed by atoms with Crippen LogP contribution in [0.4, 0.5) is 0 Å². The van der Waals surface area contributed by atoms with Crippen LogP contribution < -0.4 is 5.32 Å². The summed E-state index contributed by atoms with van der Waals surface area (Å²) in [5.74, 6) is 1.79. The molecule has 0 radical (unpaired) electrons. The predicted octanol–water partition coefficient (Wildman–Crippen LogP) is 3.56. The Morgan fingerprint density at radius 1 is 1.24 bits per heavy atom. The van der Waals surface area contributed by atoms with Crippen molar-refractivity contribution in [1.82, 2.24) is 20.5 Å². The molecule has 2 aromatic rings. The fourth-order valence-corrected chi connectivity index (χ4v) is 3.06. The Balaban J connectivity index is 2.07. The number of hydrogen-bond acceptors (Lipinski definition) is 4. The van der Waals surface area contributed by atoms with Gasteiger partial charge in [-0.05, 0) is 50.4 Å². The fraction of sp³-hybridized carbons (Fsp3) is 0.500. The van der Waals surface area contributed by atoms with Gasteiger partial charge in [-0.3, -0.25) is 5.10 Å². The maximum Gasteiger partial charge on any atom is 0.208 e. The van der Waals surface area contributed by atoms with E-state index in [1.807, 2.05) is 6.92 Å². The summed E-state index contributed by atoms with van der Waals surface area (Å²) >= 11 is 1.69. The molecule has 0 aliphatic heterocycles. The first-order valence-electron chi connectivity index (χ1n) is 7.42. The third kappa shape index (κ3) is 4.58. The van der Waals surface area contributed by atoms with Gasteiger partial charge >= 0.3 is 0 Å². The molecule has 114 valence electrons. The van der Waals surface area contributed by atoms with Crippen molar-refractivity contribution < 1.29 is 0 Å². The maximum atomic E-state index is 4.36. The van der Waals surface area contributed by atoms with Gasteiger partial charge in [-0.1, -0.05) is 36.9 Å². The highest BCUT2D eigenvalue weighted by atomic mass is 32.2. The van der Waals surface area contributed by atoms with Crippen LogP contribution in [0.25, 0.3) is 0 Å². The molecule has 1 aromatic carbocycles. The number of nitrogens with one attached hydrogen (secondary N) is 2. The third-order valence-electron chi connectivity index (χ3n) is 3.53. The molecule has 0 aliphatic rings. The molecule has 2 rings (SSSR count). The van der Waals surface area contributed by atoms with Crippen molar-refractivity contribution >= 4 is 11.8 Å². The largest absolute Gasteiger partial charge is 0.309 e. The first-order chi connectivity index (χ1) is 10.1. The minimum absolute atomic E-state index is 0.327. The minimum atomic E-state index is 0.327. The lowest BCUT2D eigenvalue weighted by atomic mass is 10.0. The molecule has 1 atom stereocenters. The van der Waals surface area contributed by atoms with E-state index in [-0.39, 0.29) is 0 Å². The first-order valence-corrected chi connectivity index (χ1v) is 8.41. The second-order valence-corrected chi connectivity index (χ2v) is 6.35. The Bertz CT molecular complexity index is 579. The van der Waals surface area contributed by atoms with Crippen molar-refractivity contribution in [2.75, 3.05) is 12.3 Å². The van der Waals surface area contributed by atoms with E-state index in [2.05, 4.69) is 59.5 Å². The molecular formula is C16H24N4S. The van der Waals surface area contributed by atoms with Gasteiger partial charge in [0.25, 0.3) is 0 Å². The summed E-state index contributed by atoms with van der Waals surface area (Å²) in [4.78, 5) is 4.36. The molecule has 21 heavy (non-hydrogen) atoms. The van der Waals surface area contributed by atoms with Crippen LogP contribution in [0.15, 0.2) is 23.4 Å². The Hall–Kier alpha value is -1.33. The van der Waals surface area contributed by atoms with Crippen LogP contribution in [0, 0.1) is 20.8 Å². The summed E-state index contributed by atoms with van der Waals surface area (Å²) in [7, 11) is 0. The average Bonchev–Trinajstić information content (AvgIpc) is 2.88. The molecule has 0 fully saturated rings. The fourth-order valence-electron chi connectivity index (χ4n) is 2.12. The second kappa shape index (κ2) is 7.61. The number of H-pyrrole nitrogens is 1. The molecule has 5 heteroatoms. The quantitative estimate of drug-likeness (QED) is 0.768. The standard InChI is InChI=1S/C16H24N4S/c1-5-8-17-15(10-21-16-18-13(4)19-20-16)14-7-6-11(2)12(3)9-14/h6-7,9,15,17H,5,8,10H2,1-4H3,(H,18,19,20). The van der Waals surface area contributed by atoms with Gasteiger partial charge in [0.05, 0.1) is 0 Å². The van der Waals surface area contributed by atoms with Gasteiger partial charge in [-0.25, -0.2) is 4.98 Å². The molecule has 1 unspecified atom stereocenters. The Labute approximate surface area is 131 Å². The van der Waals surface area contributed by atoms with Crippen molar-refractivity contribution in [3.05, 3.63) is 40.7 Å². The molecule has 4 nitrogen and oxygen atoms in total. The van der Waals surface area contributed by atoms with Crippen molar-refractivity contribution in [3.8, 4) is 0 Å². The molecule has 0 saturated carbocycles. The first kappa shape index (κ1) is 16.0. The van der Waals surface area contributed by atoms with E-state index in [9.17, 15) is 0 Å². The molecule has 0 aliphatic carbocycles. The summed E-state index contributed by atoms with van der Waals surface area (Å²) in [5.41, 5.74) is 4.02. The lowest BCUT2D eigenvalue weighted by molar-refractivity contribution is 0.576. The number of aromatic nitrogens is 3. The summed E-state index contributed by atoms with van der Waals surface area (Å²) in [6.45, 7) is 9.45. The molecule has 0 amide bonds. The highest BCUT2D eigenvalue weighted by Crippen LogP contribution is 2.24. The second-order valence-electron chi connectivity index (χ2n) is 5.36. The Kier molecular flexibility index (Phi) is 5.82. The molecule has 2 N–H and O–H groups in total. The van der Waals surface area contributed by atoms with Gasteiger partial charge in [-0.2, -0.15) is 0 Å². The SMILES string of the molecule is CCCNC(CSc1n[nH]c(C)n1)c1ccc(C)c(C)c1. The Morgan fingerprint density at radius 3 is 2.67 bits per heavy atom. The Morgan fingerprint density at radius 2 is 2.05 bits per heavy atom. The summed E-state index contributed by atoms with van der Waals surface area (Å²) in [6, 6.07) is 7.03. The zero-order valence-corrected chi connectivity index (χ0v) is 14.0. The number of nitrogens with zero attached hydrogens (tertiary/aromatic N) is 2. The van der Waals surface area contributed by atoms with Crippen LogP contribution in [-0.4, -0.2) is 27.5 Å². The number of aromatic amines is 1. The smallest absolute Gasteiger partial charge is 0.208 e. The molecule has 0 bridgehead atoms. The van der Waals surface area contributed by atoms with Gasteiger partial charge in [0, 0.05) is 11.8 Å². The summed E-state index contributed by atoms with van der Waals surface area (Å²) < 4.78 is 0. The van der Waals surface area contributed by atoms with Crippen LogP contribution in [0.5, 0.6) is 0 Å². The third-order valence-corrected chi connectivity index (χ3v) is 4.47. The zero-order chi connectivity index (χ0) is 15.2. The van der Waals surface area contributed by atoms with Crippen molar-refractivity contribution in [2.24, 2.45) is 0 Å². The number of thioether (sulfide) groups is 1. The molecule has 0 spiro atoms. The van der Waals surface area contributed by atoms with Gasteiger partial charge in [0.2, 0.25) is 5.16 Å². The van der Waals surface area contributed by atoms with Gasteiger partial charge in [-0.15, -0.1) is 5.10 Å². The van der Waals surface area contributed by atoms with Crippen molar-refractivity contribution in [1.29, 1.82) is 0 Å². The van der Waals surface area contributed by atoms with Crippen LogP contribution >= 0.6 is 11.8 Å². The summed E-state index contributed by atoms with van der Waals surface area (Å²) in [6.07, 6.45) is 1.13. The lowest BCUT2D eigenvalue weighted by Crippen LogP contribution is -2.24. The topological polar surface area (TPSA) is 53.6 Å². The number of rotatable bonds is 7. The van der Waals surface area contributed by atoms with Gasteiger partial charge in [0.15, 0.2) is 0 Å². The van der Waals surface area contributed by atoms with E-state index < -0.39 is 0 Å². The van der Waals surface area contributed by atoms with E-state index in [4.69, 9.17) is 0 Å². The van der Waals surface area contributed by atoms with Crippen LogP contribution in [0.3, 0.4) is 0 Å². The average molecular weight is 304 g/mol. The maximum absolute atomic E-state index is 4.36. The number of hydrogen-bond donors (Lipinski definition) is 2.